The molecule has 2 aromatic heterocycles. The molecular formula is C22H18ClN3OS. The molecule has 0 bridgehead atoms. The molecule has 0 radical (unpaired) electrons. The molecule has 0 unspecified atom stereocenters. The Morgan fingerprint density at radius 1 is 1.11 bits per heavy atom. The number of carbonyl (C=O) groups is 1. The molecule has 0 fully saturated rings. The van der Waals surface area contributed by atoms with Gasteiger partial charge < -0.3 is 0 Å². The van der Waals surface area contributed by atoms with Crippen molar-refractivity contribution >= 4 is 44.2 Å². The van der Waals surface area contributed by atoms with Crippen molar-refractivity contribution in [1.82, 2.24) is 9.97 Å². The molecule has 6 heteroatoms. The van der Waals surface area contributed by atoms with Gasteiger partial charge in [-0.05, 0) is 61.4 Å². The third-order valence-electron chi connectivity index (χ3n) is 4.67. The monoisotopic (exact) mass is 407 g/mol. The predicted octanol–water partition coefficient (Wildman–Crippen LogP) is 5.81. The number of anilines is 1. The van der Waals surface area contributed by atoms with Crippen LogP contribution in [0.5, 0.6) is 0 Å². The van der Waals surface area contributed by atoms with Crippen LogP contribution in [0.25, 0.3) is 10.2 Å². The fourth-order valence-electron chi connectivity index (χ4n) is 2.99. The van der Waals surface area contributed by atoms with Gasteiger partial charge in [0.25, 0.3) is 5.91 Å². The maximum absolute atomic E-state index is 13.3. The molecule has 0 N–H and O–H groups in total. The average molecular weight is 408 g/mol. The van der Waals surface area contributed by atoms with E-state index in [1.165, 1.54) is 16.9 Å². The topological polar surface area (TPSA) is 46.1 Å². The van der Waals surface area contributed by atoms with Gasteiger partial charge in [0, 0.05) is 16.8 Å². The van der Waals surface area contributed by atoms with Gasteiger partial charge in [0.2, 0.25) is 0 Å². The second-order valence-electron chi connectivity index (χ2n) is 6.57. The fraction of sp³-hybridized carbons (Fsp3) is 0.136. The molecule has 0 saturated heterocycles. The zero-order valence-corrected chi connectivity index (χ0v) is 17.1. The number of thiazole rings is 1. The molecule has 2 aromatic carbocycles. The average Bonchev–Trinajstić information content (AvgIpc) is 3.14. The lowest BCUT2D eigenvalue weighted by Crippen LogP contribution is -2.30. The number of aromatic nitrogens is 2. The van der Waals surface area contributed by atoms with Crippen LogP contribution < -0.4 is 4.90 Å². The first-order chi connectivity index (χ1) is 13.5. The Labute approximate surface area is 172 Å². The first-order valence-electron chi connectivity index (χ1n) is 8.87. The van der Waals surface area contributed by atoms with Crippen LogP contribution in [0.2, 0.25) is 5.02 Å². The van der Waals surface area contributed by atoms with Crippen molar-refractivity contribution in [2.45, 2.75) is 20.4 Å². The Bertz CT molecular complexity index is 1160. The summed E-state index contributed by atoms with van der Waals surface area (Å²) < 4.78 is 1.06. The third-order valence-corrected chi connectivity index (χ3v) is 5.95. The zero-order valence-electron chi connectivity index (χ0n) is 15.5. The summed E-state index contributed by atoms with van der Waals surface area (Å²) in [4.78, 5) is 24.2. The zero-order chi connectivity index (χ0) is 19.7. The quantitative estimate of drug-likeness (QED) is 0.429. The van der Waals surface area contributed by atoms with Crippen LogP contribution >= 0.6 is 22.9 Å². The van der Waals surface area contributed by atoms with Gasteiger partial charge in [-0.2, -0.15) is 0 Å². The van der Waals surface area contributed by atoms with Crippen molar-refractivity contribution in [2.24, 2.45) is 0 Å². The van der Waals surface area contributed by atoms with Gasteiger partial charge in [0.05, 0.1) is 22.5 Å². The molecule has 4 rings (SSSR count). The van der Waals surface area contributed by atoms with E-state index in [9.17, 15) is 4.79 Å². The minimum atomic E-state index is -0.151. The van der Waals surface area contributed by atoms with Crippen molar-refractivity contribution in [2.75, 3.05) is 4.90 Å². The van der Waals surface area contributed by atoms with E-state index in [-0.39, 0.29) is 5.91 Å². The summed E-state index contributed by atoms with van der Waals surface area (Å²) in [5, 5.41) is 1.18. The molecule has 0 aliphatic carbocycles. The molecule has 4 nitrogen and oxygen atoms in total. The lowest BCUT2D eigenvalue weighted by Gasteiger charge is -2.19. The van der Waals surface area contributed by atoms with E-state index in [0.29, 0.717) is 22.3 Å². The summed E-state index contributed by atoms with van der Waals surface area (Å²) in [7, 11) is 0. The van der Waals surface area contributed by atoms with Crippen LogP contribution in [-0.2, 0) is 6.54 Å². The number of benzene rings is 2. The van der Waals surface area contributed by atoms with Crippen LogP contribution in [-0.4, -0.2) is 15.9 Å². The molecule has 1 amide bonds. The van der Waals surface area contributed by atoms with E-state index in [2.05, 4.69) is 31.0 Å². The molecule has 28 heavy (non-hydrogen) atoms. The number of hydrogen-bond acceptors (Lipinski definition) is 4. The van der Waals surface area contributed by atoms with E-state index < -0.39 is 0 Å². The molecule has 140 valence electrons. The number of aryl methyl sites for hydroxylation is 2. The summed E-state index contributed by atoms with van der Waals surface area (Å²) in [6.45, 7) is 4.46. The Hall–Kier alpha value is -2.76. The van der Waals surface area contributed by atoms with Gasteiger partial charge in [-0.1, -0.05) is 41.1 Å². The lowest BCUT2D eigenvalue weighted by molar-refractivity contribution is 0.0985. The standard InChI is InChI=1S/C22H18ClN3OS/c1-14-9-10-19-20(15(14)2)25-22(28-19)26(13-18-8-3-4-11-24-18)21(27)16-6-5-7-17(23)12-16/h3-12H,13H2,1-2H3. The van der Waals surface area contributed by atoms with Crippen LogP contribution in [0.1, 0.15) is 27.2 Å². The minimum Gasteiger partial charge on any atom is -0.278 e. The lowest BCUT2D eigenvalue weighted by atomic mass is 10.1. The number of amides is 1. The number of fused-ring (bicyclic) bond motifs is 1. The van der Waals surface area contributed by atoms with E-state index in [0.717, 1.165) is 21.5 Å². The Morgan fingerprint density at radius 3 is 2.71 bits per heavy atom. The van der Waals surface area contributed by atoms with Gasteiger partial charge in [-0.3, -0.25) is 14.7 Å². The Balaban J connectivity index is 1.80. The van der Waals surface area contributed by atoms with Crippen molar-refractivity contribution in [3.05, 3.63) is 88.2 Å². The highest BCUT2D eigenvalue weighted by atomic mass is 35.5. The Kier molecular flexibility index (Phi) is 5.11. The van der Waals surface area contributed by atoms with Gasteiger partial charge in [0.1, 0.15) is 0 Å². The number of nitrogens with zero attached hydrogens (tertiary/aromatic N) is 3. The molecule has 0 saturated carbocycles. The summed E-state index contributed by atoms with van der Waals surface area (Å²) in [6.07, 6.45) is 1.73. The van der Waals surface area contributed by atoms with Gasteiger partial charge >= 0.3 is 0 Å². The maximum atomic E-state index is 13.3. The molecule has 4 aromatic rings. The van der Waals surface area contributed by atoms with E-state index in [1.54, 1.807) is 35.4 Å². The normalized spacial score (nSPS) is 11.0. The second-order valence-corrected chi connectivity index (χ2v) is 8.02. The van der Waals surface area contributed by atoms with E-state index >= 15 is 0 Å². The summed E-state index contributed by atoms with van der Waals surface area (Å²) in [5.74, 6) is -0.151. The molecular weight excluding hydrogens is 390 g/mol. The first-order valence-corrected chi connectivity index (χ1v) is 10.1. The molecule has 0 aliphatic rings. The van der Waals surface area contributed by atoms with Crippen LogP contribution in [0.4, 0.5) is 5.13 Å². The summed E-state index contributed by atoms with van der Waals surface area (Å²) >= 11 is 7.61. The highest BCUT2D eigenvalue weighted by Gasteiger charge is 2.23. The minimum absolute atomic E-state index is 0.151. The second kappa shape index (κ2) is 7.70. The third kappa shape index (κ3) is 3.63. The number of rotatable bonds is 4. The smallest absolute Gasteiger partial charge is 0.260 e. The van der Waals surface area contributed by atoms with Crippen molar-refractivity contribution in [3.8, 4) is 0 Å². The fourth-order valence-corrected chi connectivity index (χ4v) is 4.20. The molecule has 2 heterocycles. The predicted molar refractivity (Wildman–Crippen MR) is 115 cm³/mol. The first kappa shape index (κ1) is 18.6. The largest absolute Gasteiger partial charge is 0.278 e. The van der Waals surface area contributed by atoms with Gasteiger partial charge in [-0.15, -0.1) is 0 Å². The van der Waals surface area contributed by atoms with Crippen LogP contribution in [0.15, 0.2) is 60.8 Å². The Morgan fingerprint density at radius 2 is 1.96 bits per heavy atom. The van der Waals surface area contributed by atoms with Crippen molar-refractivity contribution in [3.63, 3.8) is 0 Å². The van der Waals surface area contributed by atoms with Crippen LogP contribution in [0.3, 0.4) is 0 Å². The van der Waals surface area contributed by atoms with Gasteiger partial charge in [-0.25, -0.2) is 4.98 Å². The number of carbonyl (C=O) groups excluding carboxylic acids is 1. The molecule has 0 spiro atoms. The van der Waals surface area contributed by atoms with Gasteiger partial charge in [0.15, 0.2) is 5.13 Å². The van der Waals surface area contributed by atoms with Crippen molar-refractivity contribution in [1.29, 1.82) is 0 Å². The van der Waals surface area contributed by atoms with E-state index in [4.69, 9.17) is 16.6 Å². The molecule has 0 aliphatic heterocycles. The number of halogens is 1. The SMILES string of the molecule is Cc1ccc2sc(N(Cc3ccccn3)C(=O)c3cccc(Cl)c3)nc2c1C. The van der Waals surface area contributed by atoms with E-state index in [1.807, 2.05) is 18.2 Å². The highest BCUT2D eigenvalue weighted by molar-refractivity contribution is 7.22. The molecule has 0 atom stereocenters. The summed E-state index contributed by atoms with van der Waals surface area (Å²) in [5.41, 5.74) is 4.57. The highest BCUT2D eigenvalue weighted by Crippen LogP contribution is 2.33. The maximum Gasteiger partial charge on any atom is 0.260 e. The van der Waals surface area contributed by atoms with Crippen LogP contribution in [0, 0.1) is 13.8 Å². The number of pyridine rings is 1. The summed E-state index contributed by atoms with van der Waals surface area (Å²) in [6, 6.07) is 16.8. The number of hydrogen-bond donors (Lipinski definition) is 0. The van der Waals surface area contributed by atoms with Crippen molar-refractivity contribution < 1.29 is 4.79 Å².